The van der Waals surface area contributed by atoms with Crippen LogP contribution in [0.15, 0.2) is 12.4 Å². The first-order valence-electron chi connectivity index (χ1n) is 7.85. The summed E-state index contributed by atoms with van der Waals surface area (Å²) in [5, 5.41) is 8.08. The van der Waals surface area contributed by atoms with Crippen LogP contribution in [-0.4, -0.2) is 41.4 Å². The van der Waals surface area contributed by atoms with E-state index in [1.807, 2.05) is 17.9 Å². The van der Waals surface area contributed by atoms with Crippen molar-refractivity contribution in [3.05, 3.63) is 18.0 Å². The predicted octanol–water partition coefficient (Wildman–Crippen LogP) is 2.44. The summed E-state index contributed by atoms with van der Waals surface area (Å²) in [6.07, 6.45) is 8.10. The molecule has 0 aliphatic heterocycles. The maximum absolute atomic E-state index is 4.30. The average Bonchev–Trinajstić information content (AvgIpc) is 2.80. The lowest BCUT2D eigenvalue weighted by atomic mass is 9.79. The molecule has 114 valence electrons. The summed E-state index contributed by atoms with van der Waals surface area (Å²) in [6.45, 7) is 5.78. The van der Waals surface area contributed by atoms with Gasteiger partial charge in [0, 0.05) is 37.4 Å². The van der Waals surface area contributed by atoms with E-state index in [4.69, 9.17) is 0 Å². The fraction of sp³-hybridized carbons (Fsp3) is 0.812. The van der Waals surface area contributed by atoms with Crippen LogP contribution in [0.4, 0.5) is 0 Å². The van der Waals surface area contributed by atoms with Crippen molar-refractivity contribution in [1.29, 1.82) is 0 Å². The van der Waals surface area contributed by atoms with Crippen molar-refractivity contribution < 1.29 is 0 Å². The van der Waals surface area contributed by atoms with Gasteiger partial charge in [-0.05, 0) is 45.2 Å². The van der Waals surface area contributed by atoms with E-state index in [0.29, 0.717) is 12.1 Å². The summed E-state index contributed by atoms with van der Waals surface area (Å²) in [7, 11) is 6.27. The quantitative estimate of drug-likeness (QED) is 0.898. The van der Waals surface area contributed by atoms with Crippen LogP contribution in [0, 0.1) is 11.8 Å². The summed E-state index contributed by atoms with van der Waals surface area (Å²) in [6, 6.07) is 1.08. The number of aryl methyl sites for hydroxylation is 1. The van der Waals surface area contributed by atoms with Crippen molar-refractivity contribution in [2.24, 2.45) is 18.9 Å². The lowest BCUT2D eigenvalue weighted by Gasteiger charge is -2.34. The smallest absolute Gasteiger partial charge is 0.0538 e. The zero-order chi connectivity index (χ0) is 14.7. The van der Waals surface area contributed by atoms with E-state index >= 15 is 0 Å². The number of aromatic nitrogens is 2. The molecule has 0 aromatic carbocycles. The minimum atomic E-state index is 0.401. The van der Waals surface area contributed by atoms with Crippen molar-refractivity contribution in [3.63, 3.8) is 0 Å². The van der Waals surface area contributed by atoms with Crippen molar-refractivity contribution >= 4 is 0 Å². The molecule has 1 heterocycles. The average molecular weight is 278 g/mol. The van der Waals surface area contributed by atoms with Crippen LogP contribution in [0.25, 0.3) is 0 Å². The van der Waals surface area contributed by atoms with E-state index in [1.54, 1.807) is 0 Å². The number of nitrogens with one attached hydrogen (secondary N) is 1. The molecule has 4 nitrogen and oxygen atoms in total. The fourth-order valence-corrected chi connectivity index (χ4v) is 3.22. The largest absolute Gasteiger partial charge is 0.312 e. The number of likely N-dealkylation sites (N-methyl/N-ethyl adjacent to an activating group) is 1. The molecule has 1 fully saturated rings. The van der Waals surface area contributed by atoms with Crippen molar-refractivity contribution in [1.82, 2.24) is 20.0 Å². The van der Waals surface area contributed by atoms with E-state index in [0.717, 1.165) is 18.4 Å². The summed E-state index contributed by atoms with van der Waals surface area (Å²) in [5.74, 6) is 1.73. The van der Waals surface area contributed by atoms with Gasteiger partial charge in [-0.2, -0.15) is 5.10 Å². The third kappa shape index (κ3) is 3.83. The Morgan fingerprint density at radius 2 is 2.10 bits per heavy atom. The first-order valence-corrected chi connectivity index (χ1v) is 7.85. The van der Waals surface area contributed by atoms with Crippen LogP contribution < -0.4 is 5.32 Å². The molecule has 0 spiro atoms. The summed E-state index contributed by atoms with van der Waals surface area (Å²) in [4.78, 5) is 2.28. The second-order valence-corrected chi connectivity index (χ2v) is 6.80. The minimum Gasteiger partial charge on any atom is -0.312 e. The number of nitrogens with zero attached hydrogens (tertiary/aromatic N) is 3. The van der Waals surface area contributed by atoms with E-state index in [1.165, 1.54) is 24.8 Å². The van der Waals surface area contributed by atoms with E-state index in [9.17, 15) is 0 Å². The second-order valence-electron chi connectivity index (χ2n) is 6.80. The second kappa shape index (κ2) is 6.72. The molecule has 2 rings (SSSR count). The Morgan fingerprint density at radius 1 is 1.35 bits per heavy atom. The highest BCUT2D eigenvalue weighted by atomic mass is 15.2. The molecule has 1 aromatic rings. The maximum atomic E-state index is 4.30. The molecule has 0 bridgehead atoms. The van der Waals surface area contributed by atoms with E-state index in [-0.39, 0.29) is 0 Å². The van der Waals surface area contributed by atoms with Crippen LogP contribution >= 0.6 is 0 Å². The molecule has 1 aliphatic carbocycles. The normalized spacial score (nSPS) is 28.8. The van der Waals surface area contributed by atoms with Gasteiger partial charge in [0.25, 0.3) is 0 Å². The Hall–Kier alpha value is -0.870. The number of hydrogen-bond donors (Lipinski definition) is 1. The van der Waals surface area contributed by atoms with Gasteiger partial charge >= 0.3 is 0 Å². The molecule has 0 amide bonds. The highest BCUT2D eigenvalue weighted by molar-refractivity contribution is 5.11. The molecule has 20 heavy (non-hydrogen) atoms. The Labute approximate surface area is 123 Å². The van der Waals surface area contributed by atoms with Crippen LogP contribution in [0.3, 0.4) is 0 Å². The van der Waals surface area contributed by atoms with Crippen molar-refractivity contribution in [2.45, 2.75) is 45.2 Å². The minimum absolute atomic E-state index is 0.401. The lowest BCUT2D eigenvalue weighted by Crippen LogP contribution is -2.40. The molecular formula is C16H30N4. The summed E-state index contributed by atoms with van der Waals surface area (Å²) in [5.41, 5.74) is 1.29. The molecule has 0 radical (unpaired) electrons. The topological polar surface area (TPSA) is 33.1 Å². The third-order valence-electron chi connectivity index (χ3n) is 4.93. The summed E-state index contributed by atoms with van der Waals surface area (Å²) >= 11 is 0. The Morgan fingerprint density at radius 3 is 2.65 bits per heavy atom. The highest BCUT2D eigenvalue weighted by Gasteiger charge is 2.25. The molecule has 1 aliphatic rings. The first kappa shape index (κ1) is 15.5. The molecule has 0 saturated heterocycles. The van der Waals surface area contributed by atoms with Gasteiger partial charge in [0.05, 0.1) is 6.20 Å². The van der Waals surface area contributed by atoms with Crippen molar-refractivity contribution in [2.75, 3.05) is 20.6 Å². The van der Waals surface area contributed by atoms with Gasteiger partial charge < -0.3 is 10.2 Å². The number of hydrogen-bond acceptors (Lipinski definition) is 3. The lowest BCUT2D eigenvalue weighted by molar-refractivity contribution is 0.208. The van der Waals surface area contributed by atoms with E-state index in [2.05, 4.69) is 49.5 Å². The zero-order valence-electron chi connectivity index (χ0n) is 13.6. The predicted molar refractivity (Wildman–Crippen MR) is 83.6 cm³/mol. The molecular weight excluding hydrogens is 248 g/mol. The zero-order valence-corrected chi connectivity index (χ0v) is 13.6. The number of rotatable bonds is 5. The van der Waals surface area contributed by atoms with Crippen LogP contribution in [0.5, 0.6) is 0 Å². The molecule has 1 N–H and O–H groups in total. The molecule has 4 atom stereocenters. The van der Waals surface area contributed by atoms with Gasteiger partial charge in [0.15, 0.2) is 0 Å². The molecule has 1 saturated carbocycles. The van der Waals surface area contributed by atoms with Crippen LogP contribution in [0.1, 0.15) is 44.7 Å². The Bertz CT molecular complexity index is 412. The van der Waals surface area contributed by atoms with Crippen LogP contribution in [-0.2, 0) is 7.05 Å². The van der Waals surface area contributed by atoms with Gasteiger partial charge in [-0.15, -0.1) is 0 Å². The maximum Gasteiger partial charge on any atom is 0.0538 e. The van der Waals surface area contributed by atoms with Gasteiger partial charge in [-0.3, -0.25) is 4.68 Å². The van der Waals surface area contributed by atoms with E-state index < -0.39 is 0 Å². The van der Waals surface area contributed by atoms with Crippen LogP contribution in [0.2, 0.25) is 0 Å². The van der Waals surface area contributed by atoms with Gasteiger partial charge in [-0.1, -0.05) is 13.8 Å². The SMILES string of the molecule is CC1CCC(NCC(c2cnn(C)c2)N(C)C)CC1C. The van der Waals surface area contributed by atoms with Crippen molar-refractivity contribution in [3.8, 4) is 0 Å². The van der Waals surface area contributed by atoms with Gasteiger partial charge in [0.1, 0.15) is 0 Å². The molecule has 4 unspecified atom stereocenters. The van der Waals surface area contributed by atoms with Gasteiger partial charge in [-0.25, -0.2) is 0 Å². The fourth-order valence-electron chi connectivity index (χ4n) is 3.22. The first-order chi connectivity index (χ1) is 9.47. The monoisotopic (exact) mass is 278 g/mol. The highest BCUT2D eigenvalue weighted by Crippen LogP contribution is 2.29. The Balaban J connectivity index is 1.90. The Kier molecular flexibility index (Phi) is 5.22. The molecule has 4 heteroatoms. The standard InChI is InChI=1S/C16H30N4/c1-12-6-7-15(8-13(12)2)17-10-16(19(3)4)14-9-18-20(5)11-14/h9,11-13,15-17H,6-8,10H2,1-5H3. The summed E-state index contributed by atoms with van der Waals surface area (Å²) < 4.78 is 1.89. The molecule has 1 aromatic heterocycles. The third-order valence-corrected chi connectivity index (χ3v) is 4.93. The van der Waals surface area contributed by atoms with Gasteiger partial charge in [0.2, 0.25) is 0 Å².